The number of benzene rings is 2. The van der Waals surface area contributed by atoms with Crippen molar-refractivity contribution in [2.75, 3.05) is 12.3 Å². The van der Waals surface area contributed by atoms with Gasteiger partial charge in [-0.2, -0.15) is 0 Å². The Labute approximate surface area is 117 Å². The zero-order valence-electron chi connectivity index (χ0n) is 11.4. The fourth-order valence-electron chi connectivity index (χ4n) is 2.55. The van der Waals surface area contributed by atoms with Gasteiger partial charge in [0.1, 0.15) is 5.82 Å². The number of nitrogens with zero attached hydrogens (tertiary/aromatic N) is 2. The number of nitrogen functional groups attached to an aromatic ring is 1. The summed E-state index contributed by atoms with van der Waals surface area (Å²) in [5, 5.41) is 9.31. The third-order valence-corrected chi connectivity index (χ3v) is 3.47. The lowest BCUT2D eigenvalue weighted by molar-refractivity contribution is 0.278. The summed E-state index contributed by atoms with van der Waals surface area (Å²) < 4.78 is 2.05. The van der Waals surface area contributed by atoms with E-state index in [1.165, 1.54) is 0 Å². The standard InChI is InChI=1S/C16H17N3O/c1-11-10-12(17)6-7-13(11)16-18-14-4-2-3-5-15(14)19(16)8-9-20/h2-7,10,20H,8-9,17H2,1H3. The molecular formula is C16H17N3O. The van der Waals surface area contributed by atoms with Crippen LogP contribution < -0.4 is 5.73 Å². The summed E-state index contributed by atoms with van der Waals surface area (Å²) in [7, 11) is 0. The van der Waals surface area contributed by atoms with E-state index in [0.717, 1.165) is 33.7 Å². The predicted octanol–water partition coefficient (Wildman–Crippen LogP) is 2.59. The van der Waals surface area contributed by atoms with E-state index in [1.807, 2.05) is 54.0 Å². The summed E-state index contributed by atoms with van der Waals surface area (Å²) in [6.45, 7) is 2.63. The van der Waals surface area contributed by atoms with Crippen LogP contribution in [-0.2, 0) is 6.54 Å². The minimum absolute atomic E-state index is 0.0847. The molecule has 20 heavy (non-hydrogen) atoms. The van der Waals surface area contributed by atoms with Gasteiger partial charge in [0, 0.05) is 17.8 Å². The van der Waals surface area contributed by atoms with Crippen LogP contribution in [0.2, 0.25) is 0 Å². The lowest BCUT2D eigenvalue weighted by atomic mass is 10.1. The highest BCUT2D eigenvalue weighted by Gasteiger charge is 2.13. The van der Waals surface area contributed by atoms with Gasteiger partial charge in [-0.25, -0.2) is 4.98 Å². The number of para-hydroxylation sites is 2. The minimum atomic E-state index is 0.0847. The lowest BCUT2D eigenvalue weighted by Gasteiger charge is -2.10. The Morgan fingerprint density at radius 2 is 2.00 bits per heavy atom. The molecule has 0 unspecified atom stereocenters. The van der Waals surface area contributed by atoms with E-state index in [9.17, 15) is 5.11 Å². The topological polar surface area (TPSA) is 64.1 Å². The Kier molecular flexibility index (Phi) is 3.16. The van der Waals surface area contributed by atoms with E-state index >= 15 is 0 Å². The average molecular weight is 267 g/mol. The summed E-state index contributed by atoms with van der Waals surface area (Å²) in [5.41, 5.74) is 10.7. The van der Waals surface area contributed by atoms with E-state index in [4.69, 9.17) is 10.7 Å². The van der Waals surface area contributed by atoms with Crippen LogP contribution in [0.5, 0.6) is 0 Å². The fourth-order valence-corrected chi connectivity index (χ4v) is 2.55. The van der Waals surface area contributed by atoms with Crippen molar-refractivity contribution in [1.29, 1.82) is 0 Å². The van der Waals surface area contributed by atoms with Crippen LogP contribution in [0, 0.1) is 6.92 Å². The molecule has 0 fully saturated rings. The lowest BCUT2D eigenvalue weighted by Crippen LogP contribution is -2.05. The summed E-state index contributed by atoms with van der Waals surface area (Å²) in [6, 6.07) is 13.8. The zero-order valence-corrected chi connectivity index (χ0v) is 11.4. The molecular weight excluding hydrogens is 250 g/mol. The Morgan fingerprint density at radius 3 is 2.75 bits per heavy atom. The van der Waals surface area contributed by atoms with Gasteiger partial charge in [-0.15, -0.1) is 0 Å². The third kappa shape index (κ3) is 2.04. The summed E-state index contributed by atoms with van der Waals surface area (Å²) >= 11 is 0. The van der Waals surface area contributed by atoms with Crippen LogP contribution in [0.4, 0.5) is 5.69 Å². The largest absolute Gasteiger partial charge is 0.399 e. The minimum Gasteiger partial charge on any atom is -0.399 e. The molecule has 0 atom stereocenters. The fraction of sp³-hybridized carbons (Fsp3) is 0.188. The molecule has 4 heteroatoms. The molecule has 1 heterocycles. The van der Waals surface area contributed by atoms with Crippen molar-refractivity contribution >= 4 is 16.7 Å². The number of aliphatic hydroxyl groups excluding tert-OH is 1. The van der Waals surface area contributed by atoms with Gasteiger partial charge in [0.25, 0.3) is 0 Å². The molecule has 0 spiro atoms. The summed E-state index contributed by atoms with van der Waals surface area (Å²) in [5.74, 6) is 0.873. The Bertz CT molecular complexity index is 762. The van der Waals surface area contributed by atoms with Crippen molar-refractivity contribution in [3.63, 3.8) is 0 Å². The van der Waals surface area contributed by atoms with E-state index in [1.54, 1.807) is 0 Å². The van der Waals surface area contributed by atoms with Gasteiger partial charge in [0.2, 0.25) is 0 Å². The number of imidazole rings is 1. The highest BCUT2D eigenvalue weighted by atomic mass is 16.3. The van der Waals surface area contributed by atoms with Gasteiger partial charge in [-0.3, -0.25) is 0 Å². The van der Waals surface area contributed by atoms with Gasteiger partial charge in [0.15, 0.2) is 0 Å². The quantitative estimate of drug-likeness (QED) is 0.717. The number of aliphatic hydroxyl groups is 1. The van der Waals surface area contributed by atoms with Crippen molar-refractivity contribution in [2.45, 2.75) is 13.5 Å². The molecule has 0 radical (unpaired) electrons. The van der Waals surface area contributed by atoms with Gasteiger partial charge in [-0.1, -0.05) is 12.1 Å². The molecule has 4 nitrogen and oxygen atoms in total. The molecule has 3 N–H and O–H groups in total. The molecule has 0 saturated carbocycles. The molecule has 3 rings (SSSR count). The summed E-state index contributed by atoms with van der Waals surface area (Å²) in [6.07, 6.45) is 0. The van der Waals surface area contributed by atoms with E-state index in [-0.39, 0.29) is 6.61 Å². The number of rotatable bonds is 3. The number of aromatic nitrogens is 2. The molecule has 0 aliphatic heterocycles. The van der Waals surface area contributed by atoms with Crippen LogP contribution in [0.3, 0.4) is 0 Å². The SMILES string of the molecule is Cc1cc(N)ccc1-c1nc2ccccc2n1CCO. The molecule has 0 amide bonds. The first kappa shape index (κ1) is 12.7. The Balaban J connectivity index is 2.26. The molecule has 0 bridgehead atoms. The smallest absolute Gasteiger partial charge is 0.141 e. The molecule has 0 saturated heterocycles. The van der Waals surface area contributed by atoms with Crippen LogP contribution in [-0.4, -0.2) is 21.3 Å². The van der Waals surface area contributed by atoms with Gasteiger partial charge >= 0.3 is 0 Å². The van der Waals surface area contributed by atoms with Crippen LogP contribution >= 0.6 is 0 Å². The molecule has 0 aliphatic carbocycles. The third-order valence-electron chi connectivity index (χ3n) is 3.47. The molecule has 3 aromatic rings. The predicted molar refractivity (Wildman–Crippen MR) is 81.4 cm³/mol. The Morgan fingerprint density at radius 1 is 1.20 bits per heavy atom. The van der Waals surface area contributed by atoms with Gasteiger partial charge in [-0.05, 0) is 42.8 Å². The number of hydrogen-bond acceptors (Lipinski definition) is 3. The maximum absolute atomic E-state index is 9.31. The van der Waals surface area contributed by atoms with Crippen molar-refractivity contribution in [2.24, 2.45) is 0 Å². The zero-order chi connectivity index (χ0) is 14.1. The van der Waals surface area contributed by atoms with Crippen LogP contribution in [0.15, 0.2) is 42.5 Å². The van der Waals surface area contributed by atoms with Crippen molar-refractivity contribution in [3.05, 3.63) is 48.0 Å². The van der Waals surface area contributed by atoms with E-state index in [2.05, 4.69) is 0 Å². The van der Waals surface area contributed by atoms with Crippen molar-refractivity contribution < 1.29 is 5.11 Å². The van der Waals surface area contributed by atoms with E-state index < -0.39 is 0 Å². The monoisotopic (exact) mass is 267 g/mol. The van der Waals surface area contributed by atoms with Crippen LogP contribution in [0.1, 0.15) is 5.56 Å². The second-order valence-electron chi connectivity index (χ2n) is 4.87. The summed E-state index contributed by atoms with van der Waals surface area (Å²) in [4.78, 5) is 4.70. The highest BCUT2D eigenvalue weighted by molar-refractivity contribution is 5.81. The second-order valence-corrected chi connectivity index (χ2v) is 4.87. The first-order valence-corrected chi connectivity index (χ1v) is 6.63. The molecule has 1 aromatic heterocycles. The number of nitrogens with two attached hydrogens (primary N) is 1. The van der Waals surface area contributed by atoms with E-state index in [0.29, 0.717) is 6.54 Å². The van der Waals surface area contributed by atoms with Gasteiger partial charge < -0.3 is 15.4 Å². The normalized spacial score (nSPS) is 11.1. The second kappa shape index (κ2) is 4.98. The van der Waals surface area contributed by atoms with Crippen molar-refractivity contribution in [3.8, 4) is 11.4 Å². The first-order chi connectivity index (χ1) is 9.70. The molecule has 102 valence electrons. The van der Waals surface area contributed by atoms with Crippen LogP contribution in [0.25, 0.3) is 22.4 Å². The Hall–Kier alpha value is -2.33. The maximum Gasteiger partial charge on any atom is 0.141 e. The highest BCUT2D eigenvalue weighted by Crippen LogP contribution is 2.28. The average Bonchev–Trinajstić information content (AvgIpc) is 2.78. The number of fused-ring (bicyclic) bond motifs is 1. The molecule has 2 aromatic carbocycles. The van der Waals surface area contributed by atoms with Crippen molar-refractivity contribution in [1.82, 2.24) is 9.55 Å². The molecule has 0 aliphatic rings. The number of aryl methyl sites for hydroxylation is 1. The van der Waals surface area contributed by atoms with Gasteiger partial charge in [0.05, 0.1) is 17.6 Å². The first-order valence-electron chi connectivity index (χ1n) is 6.63. The maximum atomic E-state index is 9.31. The number of hydrogen-bond donors (Lipinski definition) is 2. The number of anilines is 1.